The molecule has 1 aromatic carbocycles. The van der Waals surface area contributed by atoms with Crippen LogP contribution in [0, 0.1) is 6.92 Å². The molecule has 0 saturated carbocycles. The molecule has 0 atom stereocenters. The number of aromatic nitrogens is 2. The average molecular weight is 385 g/mol. The van der Waals surface area contributed by atoms with Crippen LogP contribution in [0.4, 0.5) is 22.2 Å². The number of nitrogens with zero attached hydrogens (tertiary/aromatic N) is 4. The largest absolute Gasteiger partial charge is 0.478 e. The second-order valence-electron chi connectivity index (χ2n) is 6.38. The highest BCUT2D eigenvalue weighted by Gasteiger charge is 2.23. The molecule has 3 rings (SSSR count). The Kier molecular flexibility index (Phi) is 5.93. The minimum Gasteiger partial charge on any atom is -0.478 e. The van der Waals surface area contributed by atoms with Gasteiger partial charge in [0.15, 0.2) is 0 Å². The van der Waals surface area contributed by atoms with Gasteiger partial charge < -0.3 is 25.0 Å². The maximum Gasteiger partial charge on any atom is 0.409 e. The minimum atomic E-state index is -0.964. The summed E-state index contributed by atoms with van der Waals surface area (Å²) in [7, 11) is 0. The number of piperazine rings is 1. The third kappa shape index (κ3) is 4.67. The molecule has 1 fully saturated rings. The Labute approximate surface area is 163 Å². The van der Waals surface area contributed by atoms with E-state index in [0.717, 1.165) is 11.4 Å². The summed E-state index contributed by atoms with van der Waals surface area (Å²) in [6.45, 7) is 6.38. The number of carbonyl (C=O) groups is 2. The predicted molar refractivity (Wildman–Crippen MR) is 104 cm³/mol. The third-order valence-electron chi connectivity index (χ3n) is 4.34. The van der Waals surface area contributed by atoms with Gasteiger partial charge in [-0.05, 0) is 38.1 Å². The number of carbonyl (C=O) groups excluding carboxylic acids is 1. The van der Waals surface area contributed by atoms with Crippen molar-refractivity contribution in [3.63, 3.8) is 0 Å². The number of aromatic carboxylic acids is 1. The highest BCUT2D eigenvalue weighted by atomic mass is 16.6. The van der Waals surface area contributed by atoms with Gasteiger partial charge in [0, 0.05) is 43.6 Å². The van der Waals surface area contributed by atoms with Crippen molar-refractivity contribution in [2.75, 3.05) is 43.0 Å². The molecule has 1 aromatic heterocycles. The Hall–Kier alpha value is -3.36. The highest BCUT2D eigenvalue weighted by molar-refractivity contribution is 5.88. The van der Waals surface area contributed by atoms with Crippen molar-refractivity contribution in [3.05, 3.63) is 41.6 Å². The zero-order valence-corrected chi connectivity index (χ0v) is 15.9. The van der Waals surface area contributed by atoms with Gasteiger partial charge >= 0.3 is 12.1 Å². The lowest BCUT2D eigenvalue weighted by Gasteiger charge is -2.34. The molecule has 0 radical (unpaired) electrons. The third-order valence-corrected chi connectivity index (χ3v) is 4.34. The van der Waals surface area contributed by atoms with Crippen LogP contribution in [0.25, 0.3) is 0 Å². The van der Waals surface area contributed by atoms with Gasteiger partial charge in [-0.25, -0.2) is 14.6 Å². The van der Waals surface area contributed by atoms with E-state index in [-0.39, 0.29) is 11.7 Å². The van der Waals surface area contributed by atoms with Crippen LogP contribution in [-0.4, -0.2) is 64.8 Å². The van der Waals surface area contributed by atoms with E-state index in [9.17, 15) is 9.59 Å². The number of carboxylic acids is 1. The van der Waals surface area contributed by atoms with Crippen molar-refractivity contribution >= 4 is 29.5 Å². The first-order valence-electron chi connectivity index (χ1n) is 9.09. The van der Waals surface area contributed by atoms with Gasteiger partial charge in [-0.2, -0.15) is 4.98 Å². The minimum absolute atomic E-state index is 0.226. The smallest absolute Gasteiger partial charge is 0.409 e. The molecule has 9 nitrogen and oxygen atoms in total. The maximum atomic E-state index is 11.8. The molecule has 1 aliphatic rings. The molecule has 1 saturated heterocycles. The lowest BCUT2D eigenvalue weighted by Crippen LogP contribution is -2.49. The molecule has 28 heavy (non-hydrogen) atoms. The van der Waals surface area contributed by atoms with Crippen LogP contribution in [0.3, 0.4) is 0 Å². The SMILES string of the molecule is CCOC(=O)N1CCN(c2nc(C)cc(Nc3ccc(C(=O)O)cc3)n2)CC1. The van der Waals surface area contributed by atoms with Crippen LogP contribution in [0.15, 0.2) is 30.3 Å². The van der Waals surface area contributed by atoms with E-state index in [0.29, 0.717) is 44.6 Å². The van der Waals surface area contributed by atoms with E-state index in [1.54, 1.807) is 24.0 Å². The zero-order valence-electron chi connectivity index (χ0n) is 15.9. The van der Waals surface area contributed by atoms with Crippen molar-refractivity contribution in [1.29, 1.82) is 0 Å². The Morgan fingerprint density at radius 1 is 1.14 bits per heavy atom. The summed E-state index contributed by atoms with van der Waals surface area (Å²) in [6, 6.07) is 8.28. The molecule has 148 valence electrons. The first-order valence-corrected chi connectivity index (χ1v) is 9.09. The highest BCUT2D eigenvalue weighted by Crippen LogP contribution is 2.20. The monoisotopic (exact) mass is 385 g/mol. The Balaban J connectivity index is 1.68. The summed E-state index contributed by atoms with van der Waals surface area (Å²) < 4.78 is 5.04. The number of benzene rings is 1. The molecule has 0 bridgehead atoms. The van der Waals surface area contributed by atoms with Gasteiger partial charge in [-0.1, -0.05) is 0 Å². The number of carboxylic acid groups (broad SMARTS) is 1. The Morgan fingerprint density at radius 2 is 1.82 bits per heavy atom. The summed E-state index contributed by atoms with van der Waals surface area (Å²) in [4.78, 5) is 35.6. The summed E-state index contributed by atoms with van der Waals surface area (Å²) >= 11 is 0. The summed E-state index contributed by atoms with van der Waals surface area (Å²) in [5.74, 6) is 0.250. The van der Waals surface area contributed by atoms with Crippen LogP contribution in [0.2, 0.25) is 0 Å². The average Bonchev–Trinajstić information content (AvgIpc) is 2.68. The van der Waals surface area contributed by atoms with Crippen LogP contribution in [0.1, 0.15) is 23.0 Å². The van der Waals surface area contributed by atoms with E-state index in [1.807, 2.05) is 17.9 Å². The number of amides is 1. The number of ether oxygens (including phenoxy) is 1. The molecule has 2 N–H and O–H groups in total. The molecule has 1 amide bonds. The maximum absolute atomic E-state index is 11.8. The number of hydrogen-bond donors (Lipinski definition) is 2. The molecule has 2 aromatic rings. The summed E-state index contributed by atoms with van der Waals surface area (Å²) in [5, 5.41) is 12.2. The second kappa shape index (κ2) is 8.55. The lowest BCUT2D eigenvalue weighted by molar-refractivity contribution is 0.0696. The number of nitrogens with one attached hydrogen (secondary N) is 1. The van der Waals surface area contributed by atoms with Gasteiger partial charge in [0.05, 0.1) is 12.2 Å². The van der Waals surface area contributed by atoms with Crippen molar-refractivity contribution in [1.82, 2.24) is 14.9 Å². The zero-order chi connectivity index (χ0) is 20.1. The van der Waals surface area contributed by atoms with Crippen molar-refractivity contribution in [2.24, 2.45) is 0 Å². The van der Waals surface area contributed by atoms with E-state index in [4.69, 9.17) is 9.84 Å². The fraction of sp³-hybridized carbons (Fsp3) is 0.368. The number of anilines is 3. The molecule has 0 spiro atoms. The quantitative estimate of drug-likeness (QED) is 0.808. The van der Waals surface area contributed by atoms with Gasteiger partial charge in [-0.15, -0.1) is 0 Å². The predicted octanol–water partition coefficient (Wildman–Crippen LogP) is 2.51. The van der Waals surface area contributed by atoms with Crippen molar-refractivity contribution < 1.29 is 19.4 Å². The van der Waals surface area contributed by atoms with E-state index < -0.39 is 5.97 Å². The first-order chi connectivity index (χ1) is 13.5. The van der Waals surface area contributed by atoms with Crippen LogP contribution in [-0.2, 0) is 4.74 Å². The van der Waals surface area contributed by atoms with Crippen molar-refractivity contribution in [3.8, 4) is 0 Å². The molecule has 9 heteroatoms. The Morgan fingerprint density at radius 3 is 2.43 bits per heavy atom. The van der Waals surface area contributed by atoms with Crippen LogP contribution in [0.5, 0.6) is 0 Å². The standard InChI is InChI=1S/C19H23N5O4/c1-3-28-19(27)24-10-8-23(9-11-24)18-20-13(2)12-16(22-18)21-15-6-4-14(5-7-15)17(25)26/h4-7,12H,3,8-11H2,1-2H3,(H,25,26)(H,20,21,22). The molecule has 1 aliphatic heterocycles. The van der Waals surface area contributed by atoms with E-state index in [1.165, 1.54) is 12.1 Å². The molecular formula is C19H23N5O4. The van der Waals surface area contributed by atoms with E-state index >= 15 is 0 Å². The Bertz CT molecular complexity index is 848. The molecular weight excluding hydrogens is 362 g/mol. The molecule has 2 heterocycles. The van der Waals surface area contributed by atoms with Gasteiger partial charge in [0.25, 0.3) is 0 Å². The van der Waals surface area contributed by atoms with E-state index in [2.05, 4.69) is 15.3 Å². The van der Waals surface area contributed by atoms with Gasteiger partial charge in [-0.3, -0.25) is 0 Å². The van der Waals surface area contributed by atoms with Crippen molar-refractivity contribution in [2.45, 2.75) is 13.8 Å². The number of rotatable bonds is 5. The second-order valence-corrected chi connectivity index (χ2v) is 6.38. The fourth-order valence-corrected chi connectivity index (χ4v) is 2.91. The number of aryl methyl sites for hydroxylation is 1. The fourth-order valence-electron chi connectivity index (χ4n) is 2.91. The van der Waals surface area contributed by atoms with Gasteiger partial charge in [0.2, 0.25) is 5.95 Å². The topological polar surface area (TPSA) is 108 Å². The lowest BCUT2D eigenvalue weighted by atomic mass is 10.2. The summed E-state index contributed by atoms with van der Waals surface area (Å²) in [5.41, 5.74) is 1.77. The summed E-state index contributed by atoms with van der Waals surface area (Å²) in [6.07, 6.45) is -0.292. The first kappa shape index (κ1) is 19.4. The number of hydrogen-bond acceptors (Lipinski definition) is 7. The van der Waals surface area contributed by atoms with Gasteiger partial charge in [0.1, 0.15) is 5.82 Å². The molecule has 0 aliphatic carbocycles. The molecule has 0 unspecified atom stereocenters. The van der Waals surface area contributed by atoms with Crippen LogP contribution < -0.4 is 10.2 Å². The normalized spacial score (nSPS) is 13.9. The van der Waals surface area contributed by atoms with Crippen LogP contribution >= 0.6 is 0 Å².